The summed E-state index contributed by atoms with van der Waals surface area (Å²) in [4.78, 5) is 27.1. The van der Waals surface area contributed by atoms with E-state index in [0.717, 1.165) is 5.56 Å². The Kier molecular flexibility index (Phi) is 5.31. The highest BCUT2D eigenvalue weighted by Gasteiger charge is 2.22. The van der Waals surface area contributed by atoms with Crippen molar-refractivity contribution in [1.82, 2.24) is 9.80 Å². The molecule has 0 N–H and O–H groups in total. The highest BCUT2D eigenvalue weighted by atomic mass is 16.2. The Hall–Kier alpha value is -2.61. The highest BCUT2D eigenvalue weighted by Crippen LogP contribution is 2.08. The largest absolute Gasteiger partial charge is 0.338 e. The van der Waals surface area contributed by atoms with Crippen molar-refractivity contribution in [1.29, 1.82) is 5.26 Å². The molecule has 0 radical (unpaired) electrons. The number of nitriles is 1. The van der Waals surface area contributed by atoms with Gasteiger partial charge >= 0.3 is 0 Å². The van der Waals surface area contributed by atoms with Crippen molar-refractivity contribution in [3.63, 3.8) is 0 Å². The number of piperazine rings is 1. The zero-order valence-corrected chi connectivity index (χ0v) is 12.7. The highest BCUT2D eigenvalue weighted by molar-refractivity contribution is 5.92. The van der Waals surface area contributed by atoms with E-state index in [1.807, 2.05) is 37.3 Å². The van der Waals surface area contributed by atoms with Crippen molar-refractivity contribution < 1.29 is 9.59 Å². The number of hydrogen-bond donors (Lipinski definition) is 0. The number of benzene rings is 1. The molecule has 2 rings (SSSR count). The van der Waals surface area contributed by atoms with Crippen LogP contribution in [0.1, 0.15) is 17.5 Å². The second kappa shape index (κ2) is 7.41. The summed E-state index contributed by atoms with van der Waals surface area (Å²) in [6, 6.07) is 9.81. The van der Waals surface area contributed by atoms with Gasteiger partial charge in [0, 0.05) is 32.3 Å². The molecule has 5 heteroatoms. The van der Waals surface area contributed by atoms with Crippen LogP contribution < -0.4 is 0 Å². The van der Waals surface area contributed by atoms with E-state index in [-0.39, 0.29) is 18.2 Å². The molecule has 1 fully saturated rings. The van der Waals surface area contributed by atoms with Crippen LogP contribution in [0.5, 0.6) is 0 Å². The molecule has 1 aliphatic rings. The molecular weight excluding hydrogens is 278 g/mol. The number of rotatable bonds is 3. The van der Waals surface area contributed by atoms with E-state index in [2.05, 4.69) is 0 Å². The lowest BCUT2D eigenvalue weighted by atomic mass is 10.1. The summed E-state index contributed by atoms with van der Waals surface area (Å²) in [6.45, 7) is 4.02. The van der Waals surface area contributed by atoms with Crippen molar-refractivity contribution in [2.75, 3.05) is 26.2 Å². The molecule has 1 heterocycles. The fourth-order valence-corrected chi connectivity index (χ4v) is 2.31. The van der Waals surface area contributed by atoms with Crippen LogP contribution >= 0.6 is 0 Å². The molecule has 0 atom stereocenters. The van der Waals surface area contributed by atoms with E-state index >= 15 is 0 Å². The second-order valence-electron chi connectivity index (χ2n) is 5.28. The summed E-state index contributed by atoms with van der Waals surface area (Å²) in [5.41, 5.74) is 2.17. The van der Waals surface area contributed by atoms with Crippen molar-refractivity contribution in [2.24, 2.45) is 0 Å². The molecule has 0 aromatic heterocycles. The van der Waals surface area contributed by atoms with Crippen molar-refractivity contribution in [3.8, 4) is 6.07 Å². The van der Waals surface area contributed by atoms with Crippen molar-refractivity contribution in [3.05, 3.63) is 41.5 Å². The molecule has 2 amide bonds. The molecule has 0 bridgehead atoms. The minimum absolute atomic E-state index is 0.0482. The van der Waals surface area contributed by atoms with Crippen LogP contribution in [0.25, 0.3) is 6.08 Å². The summed E-state index contributed by atoms with van der Waals surface area (Å²) in [5.74, 6) is -0.210. The molecular formula is C17H19N3O2. The Bertz CT molecular complexity index is 606. The summed E-state index contributed by atoms with van der Waals surface area (Å²) >= 11 is 0. The molecule has 0 unspecified atom stereocenters. The number of aryl methyl sites for hydroxylation is 1. The Labute approximate surface area is 130 Å². The summed E-state index contributed by atoms with van der Waals surface area (Å²) in [5, 5.41) is 8.53. The van der Waals surface area contributed by atoms with Crippen LogP contribution in [0, 0.1) is 18.3 Å². The summed E-state index contributed by atoms with van der Waals surface area (Å²) in [6.07, 6.45) is 3.27. The van der Waals surface area contributed by atoms with Crippen molar-refractivity contribution in [2.45, 2.75) is 13.3 Å². The molecule has 114 valence electrons. The SMILES string of the molecule is Cc1ccc(/C=C/C(=O)N2CCN(C(=O)CC#N)CC2)cc1. The molecule has 5 nitrogen and oxygen atoms in total. The number of carbonyl (C=O) groups excluding carboxylic acids is 2. The first-order valence-corrected chi connectivity index (χ1v) is 7.28. The lowest BCUT2D eigenvalue weighted by Gasteiger charge is -2.33. The maximum Gasteiger partial charge on any atom is 0.246 e. The lowest BCUT2D eigenvalue weighted by Crippen LogP contribution is -2.50. The monoisotopic (exact) mass is 297 g/mol. The van der Waals surface area contributed by atoms with Gasteiger partial charge < -0.3 is 9.80 Å². The van der Waals surface area contributed by atoms with Gasteiger partial charge in [-0.3, -0.25) is 9.59 Å². The van der Waals surface area contributed by atoms with E-state index in [9.17, 15) is 9.59 Å². The van der Waals surface area contributed by atoms with Crippen LogP contribution in [0.4, 0.5) is 0 Å². The first-order chi connectivity index (χ1) is 10.6. The Morgan fingerprint density at radius 1 is 1.14 bits per heavy atom. The fourth-order valence-electron chi connectivity index (χ4n) is 2.31. The van der Waals surface area contributed by atoms with Gasteiger partial charge in [0.15, 0.2) is 0 Å². The van der Waals surface area contributed by atoms with E-state index in [1.54, 1.807) is 22.0 Å². The molecule has 0 saturated carbocycles. The van der Waals surface area contributed by atoms with Gasteiger partial charge in [0.1, 0.15) is 6.42 Å². The smallest absolute Gasteiger partial charge is 0.246 e. The molecule has 1 aliphatic heterocycles. The Morgan fingerprint density at radius 2 is 1.73 bits per heavy atom. The van der Waals surface area contributed by atoms with E-state index < -0.39 is 0 Å². The normalized spacial score (nSPS) is 14.9. The van der Waals surface area contributed by atoms with Gasteiger partial charge in [-0.25, -0.2) is 0 Å². The van der Waals surface area contributed by atoms with Gasteiger partial charge in [-0.15, -0.1) is 0 Å². The minimum atomic E-state index is -0.162. The Balaban J connectivity index is 1.86. The van der Waals surface area contributed by atoms with Gasteiger partial charge in [-0.1, -0.05) is 29.8 Å². The number of nitrogens with zero attached hydrogens (tertiary/aromatic N) is 3. The van der Waals surface area contributed by atoms with Gasteiger partial charge in [-0.05, 0) is 18.6 Å². The van der Waals surface area contributed by atoms with Crippen molar-refractivity contribution >= 4 is 17.9 Å². The standard InChI is InChI=1S/C17H19N3O2/c1-14-2-4-15(5-3-14)6-7-16(21)19-10-12-20(13-11-19)17(22)8-9-18/h2-7H,8,10-13H2,1H3/b7-6+. The van der Waals surface area contributed by atoms with Crippen LogP contribution in [0.2, 0.25) is 0 Å². The maximum absolute atomic E-state index is 12.1. The maximum atomic E-state index is 12.1. The average Bonchev–Trinajstić information content (AvgIpc) is 2.54. The number of hydrogen-bond acceptors (Lipinski definition) is 3. The quantitative estimate of drug-likeness (QED) is 0.796. The zero-order valence-electron chi connectivity index (χ0n) is 12.7. The van der Waals surface area contributed by atoms with E-state index in [0.29, 0.717) is 26.2 Å². The van der Waals surface area contributed by atoms with Crippen LogP contribution in [-0.4, -0.2) is 47.8 Å². The van der Waals surface area contributed by atoms with Gasteiger partial charge in [-0.2, -0.15) is 5.26 Å². The van der Waals surface area contributed by atoms with Crippen LogP contribution in [0.15, 0.2) is 30.3 Å². The molecule has 22 heavy (non-hydrogen) atoms. The first kappa shape index (κ1) is 15.8. The topological polar surface area (TPSA) is 64.4 Å². The predicted octanol–water partition coefficient (Wildman–Crippen LogP) is 1.59. The molecule has 1 saturated heterocycles. The molecule has 0 spiro atoms. The fraction of sp³-hybridized carbons (Fsp3) is 0.353. The van der Waals surface area contributed by atoms with Gasteiger partial charge in [0.25, 0.3) is 0 Å². The summed E-state index contributed by atoms with van der Waals surface area (Å²) in [7, 11) is 0. The zero-order chi connectivity index (χ0) is 15.9. The van der Waals surface area contributed by atoms with Gasteiger partial charge in [0.2, 0.25) is 11.8 Å². The Morgan fingerprint density at radius 3 is 2.32 bits per heavy atom. The predicted molar refractivity (Wildman–Crippen MR) is 83.6 cm³/mol. The average molecular weight is 297 g/mol. The lowest BCUT2D eigenvalue weighted by molar-refractivity contribution is -0.136. The van der Waals surface area contributed by atoms with E-state index in [4.69, 9.17) is 5.26 Å². The third-order valence-corrected chi connectivity index (χ3v) is 3.67. The number of amides is 2. The minimum Gasteiger partial charge on any atom is -0.338 e. The summed E-state index contributed by atoms with van der Waals surface area (Å²) < 4.78 is 0. The van der Waals surface area contributed by atoms with Gasteiger partial charge in [0.05, 0.1) is 6.07 Å². The number of carbonyl (C=O) groups is 2. The third kappa shape index (κ3) is 4.19. The second-order valence-corrected chi connectivity index (χ2v) is 5.28. The van der Waals surface area contributed by atoms with Crippen LogP contribution in [0.3, 0.4) is 0 Å². The molecule has 0 aliphatic carbocycles. The van der Waals surface area contributed by atoms with E-state index in [1.165, 1.54) is 5.56 Å². The molecule has 1 aromatic rings. The van der Waals surface area contributed by atoms with Crippen LogP contribution in [-0.2, 0) is 9.59 Å². The first-order valence-electron chi connectivity index (χ1n) is 7.28. The molecule has 1 aromatic carbocycles. The third-order valence-electron chi connectivity index (χ3n) is 3.67.